The topological polar surface area (TPSA) is 38.7 Å². The molecule has 0 aromatic heterocycles. The Hall–Kier alpha value is -2.00. The van der Waals surface area contributed by atoms with E-state index in [9.17, 15) is 5.11 Å². The molecule has 0 saturated heterocycles. The van der Waals surface area contributed by atoms with E-state index in [2.05, 4.69) is 0 Å². The zero-order chi connectivity index (χ0) is 13.7. The molecule has 0 radical (unpaired) electrons. The molecular formula is C16H18O3. The maximum Gasteiger partial charge on any atom is 0.162 e. The van der Waals surface area contributed by atoms with Gasteiger partial charge in [0.1, 0.15) is 0 Å². The zero-order valence-corrected chi connectivity index (χ0v) is 11.2. The monoisotopic (exact) mass is 258 g/mol. The van der Waals surface area contributed by atoms with E-state index in [0.717, 1.165) is 5.56 Å². The fourth-order valence-corrected chi connectivity index (χ4v) is 1.92. The Morgan fingerprint density at radius 1 is 0.947 bits per heavy atom. The molecule has 0 saturated carbocycles. The Morgan fingerprint density at radius 2 is 1.53 bits per heavy atom. The molecular weight excluding hydrogens is 240 g/mol. The summed E-state index contributed by atoms with van der Waals surface area (Å²) >= 11 is 0. The van der Waals surface area contributed by atoms with Gasteiger partial charge in [-0.15, -0.1) is 0 Å². The standard InChI is InChI=1S/C16H18O3/c1-16(12-17,13-8-4-3-5-9-13)19-15-11-7-6-10-14(15)18-2/h3-11,17H,12H2,1-2H3/t16-/m0/s1. The average Bonchev–Trinajstić information content (AvgIpc) is 2.48. The van der Waals surface area contributed by atoms with Gasteiger partial charge in [-0.25, -0.2) is 0 Å². The minimum absolute atomic E-state index is 0.116. The van der Waals surface area contributed by atoms with Crippen molar-refractivity contribution in [3.63, 3.8) is 0 Å². The normalized spacial score (nSPS) is 13.6. The molecule has 0 amide bonds. The second-order valence-electron chi connectivity index (χ2n) is 4.51. The third kappa shape index (κ3) is 2.88. The molecule has 2 aromatic carbocycles. The highest BCUT2D eigenvalue weighted by molar-refractivity contribution is 5.40. The van der Waals surface area contributed by atoms with Crippen LogP contribution in [0.25, 0.3) is 0 Å². The number of para-hydroxylation sites is 2. The lowest BCUT2D eigenvalue weighted by atomic mass is 9.96. The molecule has 0 aliphatic heterocycles. The second-order valence-corrected chi connectivity index (χ2v) is 4.51. The van der Waals surface area contributed by atoms with Crippen LogP contribution in [0.4, 0.5) is 0 Å². The van der Waals surface area contributed by atoms with Gasteiger partial charge in [-0.2, -0.15) is 0 Å². The van der Waals surface area contributed by atoms with Gasteiger partial charge in [-0.3, -0.25) is 0 Å². The minimum atomic E-state index is -0.796. The van der Waals surface area contributed by atoms with Crippen molar-refractivity contribution in [1.29, 1.82) is 0 Å². The highest BCUT2D eigenvalue weighted by atomic mass is 16.5. The molecule has 0 heterocycles. The maximum atomic E-state index is 9.70. The van der Waals surface area contributed by atoms with Crippen LogP contribution in [0.15, 0.2) is 54.6 Å². The summed E-state index contributed by atoms with van der Waals surface area (Å²) < 4.78 is 11.2. The van der Waals surface area contributed by atoms with Crippen LogP contribution in [0.1, 0.15) is 12.5 Å². The first-order valence-electron chi connectivity index (χ1n) is 6.18. The van der Waals surface area contributed by atoms with Gasteiger partial charge < -0.3 is 14.6 Å². The average molecular weight is 258 g/mol. The molecule has 19 heavy (non-hydrogen) atoms. The quantitative estimate of drug-likeness (QED) is 0.896. The van der Waals surface area contributed by atoms with Crippen molar-refractivity contribution in [3.05, 3.63) is 60.2 Å². The third-order valence-electron chi connectivity index (χ3n) is 3.09. The predicted molar refractivity (Wildman–Crippen MR) is 74.5 cm³/mol. The summed E-state index contributed by atoms with van der Waals surface area (Å²) in [5.74, 6) is 1.27. The van der Waals surface area contributed by atoms with Crippen molar-refractivity contribution in [2.24, 2.45) is 0 Å². The number of aliphatic hydroxyl groups is 1. The Balaban J connectivity index is 2.33. The first-order valence-corrected chi connectivity index (χ1v) is 6.18. The largest absolute Gasteiger partial charge is 0.493 e. The SMILES string of the molecule is COc1ccccc1O[C@@](C)(CO)c1ccccc1. The highest BCUT2D eigenvalue weighted by Gasteiger charge is 2.29. The summed E-state index contributed by atoms with van der Waals surface area (Å²) in [4.78, 5) is 0. The summed E-state index contributed by atoms with van der Waals surface area (Å²) in [5.41, 5.74) is 0.124. The van der Waals surface area contributed by atoms with Gasteiger partial charge in [0.2, 0.25) is 0 Å². The summed E-state index contributed by atoms with van der Waals surface area (Å²) in [7, 11) is 1.60. The van der Waals surface area contributed by atoms with E-state index in [4.69, 9.17) is 9.47 Å². The van der Waals surface area contributed by atoms with Crippen LogP contribution in [0.2, 0.25) is 0 Å². The number of hydrogen-bond donors (Lipinski definition) is 1. The van der Waals surface area contributed by atoms with Gasteiger partial charge >= 0.3 is 0 Å². The molecule has 0 spiro atoms. The number of hydrogen-bond acceptors (Lipinski definition) is 3. The number of rotatable bonds is 5. The van der Waals surface area contributed by atoms with Gasteiger partial charge in [0.05, 0.1) is 13.7 Å². The van der Waals surface area contributed by atoms with Crippen LogP contribution in [0.3, 0.4) is 0 Å². The predicted octanol–water partition coefficient (Wildman–Crippen LogP) is 2.98. The molecule has 3 nitrogen and oxygen atoms in total. The Bertz CT molecular complexity index is 525. The molecule has 0 bridgehead atoms. The Labute approximate surface area is 113 Å². The van der Waals surface area contributed by atoms with Gasteiger partial charge in [0.15, 0.2) is 17.1 Å². The van der Waals surface area contributed by atoms with E-state index < -0.39 is 5.60 Å². The molecule has 2 aromatic rings. The lowest BCUT2D eigenvalue weighted by Crippen LogP contribution is -2.33. The Kier molecular flexibility index (Phi) is 4.07. The Morgan fingerprint density at radius 3 is 2.11 bits per heavy atom. The smallest absolute Gasteiger partial charge is 0.162 e. The summed E-state index contributed by atoms with van der Waals surface area (Å²) in [6.07, 6.45) is 0. The van der Waals surface area contributed by atoms with Crippen molar-refractivity contribution in [1.82, 2.24) is 0 Å². The van der Waals surface area contributed by atoms with E-state index in [-0.39, 0.29) is 6.61 Å². The fraction of sp³-hybridized carbons (Fsp3) is 0.250. The molecule has 0 fully saturated rings. The van der Waals surface area contributed by atoms with Crippen molar-refractivity contribution in [2.75, 3.05) is 13.7 Å². The van der Waals surface area contributed by atoms with Gasteiger partial charge in [-0.05, 0) is 24.6 Å². The van der Waals surface area contributed by atoms with Gasteiger partial charge in [0, 0.05) is 0 Å². The lowest BCUT2D eigenvalue weighted by Gasteiger charge is -2.29. The highest BCUT2D eigenvalue weighted by Crippen LogP contribution is 2.33. The van der Waals surface area contributed by atoms with Gasteiger partial charge in [-0.1, -0.05) is 42.5 Å². The summed E-state index contributed by atoms with van der Waals surface area (Å²) in [6, 6.07) is 17.1. The van der Waals surface area contributed by atoms with Crippen molar-refractivity contribution in [3.8, 4) is 11.5 Å². The number of benzene rings is 2. The number of aliphatic hydroxyl groups excluding tert-OH is 1. The molecule has 1 N–H and O–H groups in total. The fourth-order valence-electron chi connectivity index (χ4n) is 1.92. The van der Waals surface area contributed by atoms with Crippen molar-refractivity contribution < 1.29 is 14.6 Å². The van der Waals surface area contributed by atoms with Crippen LogP contribution in [0, 0.1) is 0 Å². The van der Waals surface area contributed by atoms with Crippen LogP contribution < -0.4 is 9.47 Å². The van der Waals surface area contributed by atoms with E-state index >= 15 is 0 Å². The molecule has 3 heteroatoms. The third-order valence-corrected chi connectivity index (χ3v) is 3.09. The number of ether oxygens (including phenoxy) is 2. The van der Waals surface area contributed by atoms with E-state index in [1.54, 1.807) is 7.11 Å². The van der Waals surface area contributed by atoms with Gasteiger partial charge in [0.25, 0.3) is 0 Å². The van der Waals surface area contributed by atoms with E-state index in [1.165, 1.54) is 0 Å². The minimum Gasteiger partial charge on any atom is -0.493 e. The summed E-state index contributed by atoms with van der Waals surface area (Å²) in [5, 5.41) is 9.70. The van der Waals surface area contributed by atoms with Crippen LogP contribution in [-0.4, -0.2) is 18.8 Å². The molecule has 100 valence electrons. The summed E-state index contributed by atoms with van der Waals surface area (Å²) in [6.45, 7) is 1.74. The first-order chi connectivity index (χ1) is 9.19. The first kappa shape index (κ1) is 13.4. The maximum absolute atomic E-state index is 9.70. The van der Waals surface area contributed by atoms with Crippen molar-refractivity contribution >= 4 is 0 Å². The number of methoxy groups -OCH3 is 1. The molecule has 2 rings (SSSR count). The molecule has 1 atom stereocenters. The van der Waals surface area contributed by atoms with Crippen LogP contribution >= 0.6 is 0 Å². The molecule has 0 unspecified atom stereocenters. The zero-order valence-electron chi connectivity index (χ0n) is 11.2. The van der Waals surface area contributed by atoms with Crippen LogP contribution in [0.5, 0.6) is 11.5 Å². The van der Waals surface area contributed by atoms with E-state index in [1.807, 2.05) is 61.5 Å². The second kappa shape index (κ2) is 5.76. The molecule has 0 aliphatic rings. The van der Waals surface area contributed by atoms with E-state index in [0.29, 0.717) is 11.5 Å². The lowest BCUT2D eigenvalue weighted by molar-refractivity contribution is 0.0196. The van der Waals surface area contributed by atoms with Crippen molar-refractivity contribution in [2.45, 2.75) is 12.5 Å². The molecule has 0 aliphatic carbocycles. The van der Waals surface area contributed by atoms with Crippen LogP contribution in [-0.2, 0) is 5.60 Å².